The minimum atomic E-state index is -0.253. The average molecular weight is 329 g/mol. The molecule has 4 nitrogen and oxygen atoms in total. The van der Waals surface area contributed by atoms with Gasteiger partial charge in [0.2, 0.25) is 0 Å². The quantitative estimate of drug-likeness (QED) is 0.632. The van der Waals surface area contributed by atoms with E-state index in [9.17, 15) is 4.39 Å². The number of aliphatic imine (C=N–C) groups is 1. The molecule has 2 aromatic rings. The van der Waals surface area contributed by atoms with Gasteiger partial charge < -0.3 is 15.4 Å². The first-order chi connectivity index (χ1) is 11.6. The topological polar surface area (TPSA) is 45.7 Å². The lowest BCUT2D eigenvalue weighted by molar-refractivity contribution is 0.106. The molecule has 2 rings (SSSR count). The van der Waals surface area contributed by atoms with E-state index in [4.69, 9.17) is 4.74 Å². The van der Waals surface area contributed by atoms with Gasteiger partial charge >= 0.3 is 0 Å². The third-order valence-corrected chi connectivity index (χ3v) is 3.91. The van der Waals surface area contributed by atoms with Crippen LogP contribution in [0.15, 0.2) is 53.5 Å². The summed E-state index contributed by atoms with van der Waals surface area (Å²) < 4.78 is 18.5. The summed E-state index contributed by atoms with van der Waals surface area (Å²) in [5, 5.41) is 6.53. The van der Waals surface area contributed by atoms with Crippen LogP contribution in [0.1, 0.15) is 22.8 Å². The first kappa shape index (κ1) is 17.9. The minimum absolute atomic E-state index is 0.178. The Bertz CT molecular complexity index is 671. The Morgan fingerprint density at radius 3 is 2.46 bits per heavy atom. The number of aryl methyl sites for hydroxylation is 1. The lowest BCUT2D eigenvalue weighted by Crippen LogP contribution is -2.39. The van der Waals surface area contributed by atoms with Crippen LogP contribution in [0, 0.1) is 12.7 Å². The maximum atomic E-state index is 13.0. The molecule has 5 heteroatoms. The van der Waals surface area contributed by atoms with Gasteiger partial charge in [-0.15, -0.1) is 0 Å². The van der Waals surface area contributed by atoms with Crippen molar-refractivity contribution in [3.8, 4) is 0 Å². The third-order valence-electron chi connectivity index (χ3n) is 3.91. The highest BCUT2D eigenvalue weighted by molar-refractivity contribution is 5.79. The molecule has 0 bridgehead atoms. The van der Waals surface area contributed by atoms with E-state index < -0.39 is 0 Å². The number of guanidine groups is 1. The smallest absolute Gasteiger partial charge is 0.191 e. The van der Waals surface area contributed by atoms with Crippen LogP contribution in [-0.4, -0.2) is 26.7 Å². The van der Waals surface area contributed by atoms with Crippen molar-refractivity contribution < 1.29 is 9.13 Å². The van der Waals surface area contributed by atoms with Crippen LogP contribution in [-0.2, 0) is 11.3 Å². The van der Waals surface area contributed by atoms with Gasteiger partial charge in [-0.3, -0.25) is 4.99 Å². The van der Waals surface area contributed by atoms with Crippen molar-refractivity contribution in [3.63, 3.8) is 0 Å². The number of hydrogen-bond acceptors (Lipinski definition) is 2. The first-order valence-corrected chi connectivity index (χ1v) is 7.91. The van der Waals surface area contributed by atoms with E-state index in [0.29, 0.717) is 19.0 Å². The molecule has 24 heavy (non-hydrogen) atoms. The molecule has 0 saturated heterocycles. The summed E-state index contributed by atoms with van der Waals surface area (Å²) in [7, 11) is 3.37. The number of rotatable bonds is 6. The molecule has 0 amide bonds. The van der Waals surface area contributed by atoms with Crippen LogP contribution in [0.4, 0.5) is 4.39 Å². The summed E-state index contributed by atoms with van der Waals surface area (Å²) in [6.07, 6.45) is -0.178. The number of halogens is 1. The maximum absolute atomic E-state index is 13.0. The molecular weight excluding hydrogens is 305 g/mol. The predicted octanol–water partition coefficient (Wildman–Crippen LogP) is 3.19. The van der Waals surface area contributed by atoms with E-state index in [1.807, 2.05) is 12.1 Å². The average Bonchev–Trinajstić information content (AvgIpc) is 2.60. The summed E-state index contributed by atoms with van der Waals surface area (Å²) in [6.45, 7) is 3.32. The van der Waals surface area contributed by atoms with E-state index in [1.165, 1.54) is 23.3 Å². The Morgan fingerprint density at radius 1 is 1.12 bits per heavy atom. The molecule has 0 heterocycles. The highest BCUT2D eigenvalue weighted by atomic mass is 19.1. The van der Waals surface area contributed by atoms with E-state index in [1.54, 1.807) is 26.3 Å². The van der Waals surface area contributed by atoms with Crippen molar-refractivity contribution >= 4 is 5.96 Å². The summed E-state index contributed by atoms with van der Waals surface area (Å²) >= 11 is 0. The summed E-state index contributed by atoms with van der Waals surface area (Å²) in [5.41, 5.74) is 3.38. The molecule has 0 fully saturated rings. The van der Waals surface area contributed by atoms with Crippen LogP contribution in [0.5, 0.6) is 0 Å². The van der Waals surface area contributed by atoms with Gasteiger partial charge in [0.05, 0.1) is 6.10 Å². The first-order valence-electron chi connectivity index (χ1n) is 7.91. The van der Waals surface area contributed by atoms with E-state index in [-0.39, 0.29) is 11.9 Å². The monoisotopic (exact) mass is 329 g/mol. The van der Waals surface area contributed by atoms with Crippen LogP contribution >= 0.6 is 0 Å². The standard InChI is InChI=1S/C19H24FN3O/c1-14-6-4-5-7-16(14)12-22-19(21-2)23-13-18(24-3)15-8-10-17(20)11-9-15/h4-11,18H,12-13H2,1-3H3,(H2,21,22,23). The molecule has 0 aliphatic rings. The summed E-state index contributed by atoms with van der Waals surface area (Å²) in [6, 6.07) is 14.6. The molecular formula is C19H24FN3O. The maximum Gasteiger partial charge on any atom is 0.191 e. The number of nitrogens with zero attached hydrogens (tertiary/aromatic N) is 1. The largest absolute Gasteiger partial charge is 0.375 e. The molecule has 2 N–H and O–H groups in total. The number of methoxy groups -OCH3 is 1. The van der Waals surface area contributed by atoms with Crippen molar-refractivity contribution in [2.45, 2.75) is 19.6 Å². The van der Waals surface area contributed by atoms with Crippen LogP contribution in [0.2, 0.25) is 0 Å². The molecule has 0 saturated carbocycles. The van der Waals surface area contributed by atoms with Crippen molar-refractivity contribution in [2.24, 2.45) is 4.99 Å². The molecule has 128 valence electrons. The normalized spacial score (nSPS) is 12.8. The zero-order valence-corrected chi connectivity index (χ0v) is 14.3. The Kier molecular flexibility index (Phi) is 6.75. The summed E-state index contributed by atoms with van der Waals surface area (Å²) in [4.78, 5) is 4.23. The molecule has 1 atom stereocenters. The van der Waals surface area contributed by atoms with Crippen LogP contribution < -0.4 is 10.6 Å². The molecule has 0 aliphatic carbocycles. The number of ether oxygens (including phenoxy) is 1. The fourth-order valence-electron chi connectivity index (χ4n) is 2.41. The third kappa shape index (κ3) is 5.06. The molecule has 0 aliphatic heterocycles. The Hall–Kier alpha value is -2.40. The van der Waals surface area contributed by atoms with Crippen LogP contribution in [0.3, 0.4) is 0 Å². The Balaban J connectivity index is 1.90. The fraction of sp³-hybridized carbons (Fsp3) is 0.316. The molecule has 0 radical (unpaired) electrons. The second kappa shape index (κ2) is 9.03. The fourth-order valence-corrected chi connectivity index (χ4v) is 2.41. The zero-order chi connectivity index (χ0) is 17.4. The number of hydrogen-bond donors (Lipinski definition) is 2. The number of benzene rings is 2. The van der Waals surface area contributed by atoms with Gasteiger partial charge in [-0.1, -0.05) is 36.4 Å². The van der Waals surface area contributed by atoms with E-state index in [2.05, 4.69) is 34.7 Å². The van der Waals surface area contributed by atoms with Gasteiger partial charge in [-0.25, -0.2) is 4.39 Å². The highest BCUT2D eigenvalue weighted by Crippen LogP contribution is 2.16. The van der Waals surface area contributed by atoms with Crippen molar-refractivity contribution in [3.05, 3.63) is 71.0 Å². The SMILES string of the molecule is CN=C(NCc1ccccc1C)NCC(OC)c1ccc(F)cc1. The Labute approximate surface area is 142 Å². The van der Waals surface area contributed by atoms with Gasteiger partial charge in [-0.2, -0.15) is 0 Å². The zero-order valence-electron chi connectivity index (χ0n) is 14.3. The van der Waals surface area contributed by atoms with E-state index in [0.717, 1.165) is 5.56 Å². The van der Waals surface area contributed by atoms with Crippen molar-refractivity contribution in [1.29, 1.82) is 0 Å². The number of nitrogens with one attached hydrogen (secondary N) is 2. The van der Waals surface area contributed by atoms with Gasteiger partial charge in [0.15, 0.2) is 5.96 Å². The predicted molar refractivity (Wildman–Crippen MR) is 95.5 cm³/mol. The lowest BCUT2D eigenvalue weighted by atomic mass is 10.1. The second-order valence-electron chi connectivity index (χ2n) is 5.51. The Morgan fingerprint density at radius 2 is 1.83 bits per heavy atom. The molecule has 2 aromatic carbocycles. The second-order valence-corrected chi connectivity index (χ2v) is 5.51. The molecule has 0 aromatic heterocycles. The minimum Gasteiger partial charge on any atom is -0.375 e. The molecule has 1 unspecified atom stereocenters. The van der Waals surface area contributed by atoms with Crippen molar-refractivity contribution in [2.75, 3.05) is 20.7 Å². The highest BCUT2D eigenvalue weighted by Gasteiger charge is 2.11. The van der Waals surface area contributed by atoms with Gasteiger partial charge in [0.1, 0.15) is 5.82 Å². The lowest BCUT2D eigenvalue weighted by Gasteiger charge is -2.19. The molecule has 0 spiro atoms. The van der Waals surface area contributed by atoms with E-state index >= 15 is 0 Å². The summed E-state index contributed by atoms with van der Waals surface area (Å²) in [5.74, 6) is 0.444. The van der Waals surface area contributed by atoms with Crippen molar-refractivity contribution in [1.82, 2.24) is 10.6 Å². The van der Waals surface area contributed by atoms with Gasteiger partial charge in [0.25, 0.3) is 0 Å². The van der Waals surface area contributed by atoms with Gasteiger partial charge in [0, 0.05) is 27.2 Å². The van der Waals surface area contributed by atoms with Gasteiger partial charge in [-0.05, 0) is 35.7 Å². The van der Waals surface area contributed by atoms with Crippen LogP contribution in [0.25, 0.3) is 0 Å².